The third-order valence-electron chi connectivity index (χ3n) is 5.04. The lowest BCUT2D eigenvalue weighted by Crippen LogP contribution is -2.45. The van der Waals surface area contributed by atoms with Crippen molar-refractivity contribution in [3.63, 3.8) is 0 Å². The third-order valence-corrected chi connectivity index (χ3v) is 5.04. The molecule has 1 aromatic heterocycles. The Morgan fingerprint density at radius 2 is 1.86 bits per heavy atom. The summed E-state index contributed by atoms with van der Waals surface area (Å²) in [5, 5.41) is 28.4. The molecular weight excluding hydrogens is 462 g/mol. The monoisotopic (exact) mass is 488 g/mol. The lowest BCUT2D eigenvalue weighted by molar-refractivity contribution is -0.121. The van der Waals surface area contributed by atoms with Crippen molar-refractivity contribution in [2.45, 2.75) is 25.1 Å². The van der Waals surface area contributed by atoms with Crippen LogP contribution < -0.4 is 16.0 Å². The SMILES string of the molecule is O=C(CNCc1cccc(F)c1F)N[C@H](COC(=O)Nc1cc2ccccc2cn1)CC(O)CO. The van der Waals surface area contributed by atoms with Gasteiger partial charge in [-0.2, -0.15) is 0 Å². The quantitative estimate of drug-likeness (QED) is 0.279. The fourth-order valence-corrected chi connectivity index (χ4v) is 3.31. The number of nitrogens with one attached hydrogen (secondary N) is 3. The fraction of sp³-hybridized carbons (Fsp3) is 0.292. The van der Waals surface area contributed by atoms with Gasteiger partial charge in [0.2, 0.25) is 5.91 Å². The average molecular weight is 488 g/mol. The number of rotatable bonds is 11. The second kappa shape index (κ2) is 12.7. The van der Waals surface area contributed by atoms with E-state index < -0.39 is 42.4 Å². The number of aromatic nitrogens is 1. The molecule has 3 aromatic rings. The summed E-state index contributed by atoms with van der Waals surface area (Å²) in [6.45, 7) is -1.16. The largest absolute Gasteiger partial charge is 0.447 e. The van der Waals surface area contributed by atoms with Crippen LogP contribution in [0.2, 0.25) is 0 Å². The zero-order valence-corrected chi connectivity index (χ0v) is 18.7. The molecule has 5 N–H and O–H groups in total. The summed E-state index contributed by atoms with van der Waals surface area (Å²) in [6.07, 6.45) is -0.440. The Bertz CT molecular complexity index is 1160. The van der Waals surface area contributed by atoms with Crippen molar-refractivity contribution in [3.8, 4) is 0 Å². The first-order valence-corrected chi connectivity index (χ1v) is 10.9. The van der Waals surface area contributed by atoms with Gasteiger partial charge in [0, 0.05) is 23.7 Å². The number of amides is 2. The first-order chi connectivity index (χ1) is 16.9. The van der Waals surface area contributed by atoms with Crippen LogP contribution in [0.5, 0.6) is 0 Å². The molecule has 2 atom stereocenters. The molecule has 0 fully saturated rings. The Morgan fingerprint density at radius 1 is 1.09 bits per heavy atom. The zero-order valence-electron chi connectivity index (χ0n) is 18.7. The number of pyridine rings is 1. The number of hydrogen-bond acceptors (Lipinski definition) is 7. The van der Waals surface area contributed by atoms with Crippen LogP contribution in [0.25, 0.3) is 10.8 Å². The molecule has 0 aliphatic rings. The first kappa shape index (κ1) is 25.9. The van der Waals surface area contributed by atoms with Crippen LogP contribution in [0, 0.1) is 11.6 Å². The maximum atomic E-state index is 13.7. The van der Waals surface area contributed by atoms with Gasteiger partial charge in [-0.3, -0.25) is 10.1 Å². The Hall–Kier alpha value is -3.67. The number of fused-ring (bicyclic) bond motifs is 1. The van der Waals surface area contributed by atoms with Crippen LogP contribution in [0.4, 0.5) is 19.4 Å². The summed E-state index contributed by atoms with van der Waals surface area (Å²) in [4.78, 5) is 28.6. The topological polar surface area (TPSA) is 133 Å². The van der Waals surface area contributed by atoms with Crippen LogP contribution in [0.1, 0.15) is 12.0 Å². The van der Waals surface area contributed by atoms with E-state index in [1.165, 1.54) is 12.1 Å². The van der Waals surface area contributed by atoms with Gasteiger partial charge in [-0.1, -0.05) is 36.4 Å². The smallest absolute Gasteiger partial charge is 0.412 e. The molecule has 2 amide bonds. The van der Waals surface area contributed by atoms with E-state index in [2.05, 4.69) is 20.9 Å². The van der Waals surface area contributed by atoms with Gasteiger partial charge >= 0.3 is 6.09 Å². The van der Waals surface area contributed by atoms with Gasteiger partial charge in [0.05, 0.1) is 25.3 Å². The Morgan fingerprint density at radius 3 is 2.63 bits per heavy atom. The third kappa shape index (κ3) is 7.95. The van der Waals surface area contributed by atoms with E-state index in [0.29, 0.717) is 0 Å². The van der Waals surface area contributed by atoms with Gasteiger partial charge < -0.3 is 25.6 Å². The molecule has 11 heteroatoms. The number of carbonyl (C=O) groups excluding carboxylic acids is 2. The normalized spacial score (nSPS) is 12.7. The highest BCUT2D eigenvalue weighted by molar-refractivity contribution is 5.89. The van der Waals surface area contributed by atoms with E-state index in [9.17, 15) is 23.5 Å². The van der Waals surface area contributed by atoms with E-state index in [0.717, 1.165) is 16.8 Å². The number of aliphatic hydroxyl groups excluding tert-OH is 2. The highest BCUT2D eigenvalue weighted by atomic mass is 19.2. The molecule has 2 aromatic carbocycles. The van der Waals surface area contributed by atoms with Gasteiger partial charge in [0.1, 0.15) is 12.4 Å². The summed E-state index contributed by atoms with van der Waals surface area (Å²) in [5.74, 6) is -2.23. The number of anilines is 1. The summed E-state index contributed by atoms with van der Waals surface area (Å²) < 4.78 is 32.1. The molecule has 1 unspecified atom stereocenters. The average Bonchev–Trinajstić information content (AvgIpc) is 2.85. The van der Waals surface area contributed by atoms with E-state index in [-0.39, 0.29) is 37.5 Å². The van der Waals surface area contributed by atoms with Crippen molar-refractivity contribution in [1.82, 2.24) is 15.6 Å². The van der Waals surface area contributed by atoms with Crippen LogP contribution in [-0.4, -0.2) is 59.1 Å². The molecule has 0 aliphatic heterocycles. The summed E-state index contributed by atoms with van der Waals surface area (Å²) in [5.41, 5.74) is 0.0624. The lowest BCUT2D eigenvalue weighted by Gasteiger charge is -2.21. The number of ether oxygens (including phenoxy) is 1. The molecule has 0 radical (unpaired) electrons. The highest BCUT2D eigenvalue weighted by Gasteiger charge is 2.19. The minimum absolute atomic E-state index is 0.0624. The molecule has 0 aliphatic carbocycles. The lowest BCUT2D eigenvalue weighted by atomic mass is 10.1. The van der Waals surface area contributed by atoms with E-state index in [1.54, 1.807) is 12.3 Å². The predicted octanol–water partition coefficient (Wildman–Crippen LogP) is 2.08. The maximum absolute atomic E-state index is 13.7. The fourth-order valence-electron chi connectivity index (χ4n) is 3.31. The van der Waals surface area contributed by atoms with Crippen LogP contribution in [-0.2, 0) is 16.1 Å². The minimum atomic E-state index is -1.15. The number of hydrogen-bond donors (Lipinski definition) is 5. The number of nitrogens with zero attached hydrogens (tertiary/aromatic N) is 1. The number of benzene rings is 2. The van der Waals surface area contributed by atoms with Gasteiger partial charge in [-0.15, -0.1) is 0 Å². The van der Waals surface area contributed by atoms with Gasteiger partial charge in [0.25, 0.3) is 0 Å². The van der Waals surface area contributed by atoms with Crippen LogP contribution >= 0.6 is 0 Å². The molecule has 0 saturated heterocycles. The van der Waals surface area contributed by atoms with Gasteiger partial charge in [-0.05, 0) is 23.9 Å². The van der Waals surface area contributed by atoms with Crippen LogP contribution in [0.15, 0.2) is 54.7 Å². The van der Waals surface area contributed by atoms with Crippen molar-refractivity contribution >= 4 is 28.6 Å². The van der Waals surface area contributed by atoms with E-state index in [1.807, 2.05) is 24.3 Å². The summed E-state index contributed by atoms with van der Waals surface area (Å²) >= 11 is 0. The second-order valence-corrected chi connectivity index (χ2v) is 7.79. The van der Waals surface area contributed by atoms with Crippen molar-refractivity contribution in [1.29, 1.82) is 0 Å². The van der Waals surface area contributed by atoms with Crippen molar-refractivity contribution in [2.24, 2.45) is 0 Å². The predicted molar refractivity (Wildman–Crippen MR) is 124 cm³/mol. The molecule has 0 spiro atoms. The molecule has 9 nitrogen and oxygen atoms in total. The Labute approximate surface area is 200 Å². The molecule has 186 valence electrons. The van der Waals surface area contributed by atoms with Crippen molar-refractivity contribution in [2.75, 3.05) is 25.1 Å². The Balaban J connectivity index is 1.50. The first-order valence-electron chi connectivity index (χ1n) is 10.9. The van der Waals surface area contributed by atoms with Gasteiger partial charge in [-0.25, -0.2) is 18.6 Å². The van der Waals surface area contributed by atoms with Crippen molar-refractivity contribution < 1.29 is 33.3 Å². The molecule has 1 heterocycles. The zero-order chi connectivity index (χ0) is 25.2. The number of halogens is 2. The minimum Gasteiger partial charge on any atom is -0.447 e. The Kier molecular flexibility index (Phi) is 9.41. The summed E-state index contributed by atoms with van der Waals surface area (Å²) in [7, 11) is 0. The molecule has 3 rings (SSSR count). The maximum Gasteiger partial charge on any atom is 0.412 e. The number of carbonyl (C=O) groups is 2. The number of aliphatic hydroxyl groups is 2. The molecule has 0 saturated carbocycles. The summed E-state index contributed by atoms with van der Waals surface area (Å²) in [6, 6.07) is 12.1. The second-order valence-electron chi connectivity index (χ2n) is 7.79. The molecule has 0 bridgehead atoms. The van der Waals surface area contributed by atoms with E-state index >= 15 is 0 Å². The molecule has 35 heavy (non-hydrogen) atoms. The van der Waals surface area contributed by atoms with Gasteiger partial charge in [0.15, 0.2) is 11.6 Å². The highest BCUT2D eigenvalue weighted by Crippen LogP contribution is 2.16. The van der Waals surface area contributed by atoms with E-state index in [4.69, 9.17) is 9.84 Å². The van der Waals surface area contributed by atoms with Crippen LogP contribution in [0.3, 0.4) is 0 Å². The molecular formula is C24H26F2N4O5. The van der Waals surface area contributed by atoms with Crippen molar-refractivity contribution in [3.05, 3.63) is 71.9 Å². The standard InChI is InChI=1S/C24H26F2N4O5/c25-20-7-3-6-17(23(20)26)10-27-12-22(33)29-18(9-19(32)13-31)14-35-24(34)30-21-8-15-4-1-2-5-16(15)11-28-21/h1-8,11,18-19,27,31-32H,9-10,12-14H2,(H,29,33)(H,28,30,34)/t18-,19?/m0/s1.